The molecule has 0 fully saturated rings. The molecule has 0 spiro atoms. The Kier molecular flexibility index (Phi) is 15.7. The molecule has 6 rings (SSSR count). The van der Waals surface area contributed by atoms with Gasteiger partial charge in [-0.2, -0.15) is 0 Å². The molecule has 0 unspecified atom stereocenters. The Bertz CT molecular complexity index is 1600. The van der Waals surface area contributed by atoms with Gasteiger partial charge in [-0.3, -0.25) is 11.8 Å². The maximum Gasteiger partial charge on any atom is 1.00 e. The zero-order valence-electron chi connectivity index (χ0n) is 26.0. The van der Waals surface area contributed by atoms with Gasteiger partial charge in [0.15, 0.2) is 0 Å². The quantitative estimate of drug-likeness (QED) is 0.0470. The third-order valence-corrected chi connectivity index (χ3v) is 17.0. The van der Waals surface area contributed by atoms with Crippen molar-refractivity contribution in [2.75, 3.05) is 12.3 Å². The summed E-state index contributed by atoms with van der Waals surface area (Å²) in [6.07, 6.45) is 14.8. The van der Waals surface area contributed by atoms with E-state index in [0.717, 1.165) is 11.1 Å². The molecule has 2 aliphatic heterocycles. The summed E-state index contributed by atoms with van der Waals surface area (Å²) in [5, 5.41) is 5.90. The molecule has 246 valence electrons. The van der Waals surface area contributed by atoms with Gasteiger partial charge in [-0.25, -0.2) is 0 Å². The number of fused-ring (bicyclic) bond motifs is 6. The van der Waals surface area contributed by atoms with Gasteiger partial charge in [0.1, 0.15) is 28.5 Å². The van der Waals surface area contributed by atoms with E-state index in [9.17, 15) is 16.8 Å². The average Bonchev–Trinajstić information content (AvgIpc) is 3.39. The van der Waals surface area contributed by atoms with Crippen molar-refractivity contribution in [1.29, 1.82) is 0 Å². The topological polar surface area (TPSA) is 0 Å². The largest absolute Gasteiger partial charge is 1.00 e. The van der Waals surface area contributed by atoms with Gasteiger partial charge in [0.25, 0.3) is 0 Å². The summed E-state index contributed by atoms with van der Waals surface area (Å²) in [6.45, 7) is 9.52. The van der Waals surface area contributed by atoms with E-state index in [4.69, 9.17) is 12.8 Å². The van der Waals surface area contributed by atoms with Crippen LogP contribution in [0.4, 0.5) is 16.8 Å². The van der Waals surface area contributed by atoms with E-state index in [1.54, 1.807) is 0 Å². The van der Waals surface area contributed by atoms with E-state index in [2.05, 4.69) is 111 Å². The minimum absolute atomic E-state index is 0. The molecule has 0 saturated carbocycles. The van der Waals surface area contributed by atoms with Crippen LogP contribution in [0.3, 0.4) is 0 Å². The normalized spacial score (nSPS) is 13.5. The van der Waals surface area contributed by atoms with Gasteiger partial charge in [-0.1, -0.05) is 97.2 Å². The van der Waals surface area contributed by atoms with Crippen molar-refractivity contribution in [3.05, 3.63) is 109 Å². The van der Waals surface area contributed by atoms with Crippen LogP contribution < -0.4 is 20.7 Å². The van der Waals surface area contributed by atoms with Crippen molar-refractivity contribution in [2.45, 2.75) is 39.0 Å². The Hall–Kier alpha value is -1.51. The zero-order chi connectivity index (χ0) is 32.1. The van der Waals surface area contributed by atoms with Gasteiger partial charge < -0.3 is 12.8 Å². The van der Waals surface area contributed by atoms with Crippen molar-refractivity contribution in [3.63, 3.8) is 0 Å². The Morgan fingerprint density at radius 3 is 1.17 bits per heavy atom. The molecule has 4 aromatic rings. The molecule has 2 aliphatic rings. The Labute approximate surface area is 307 Å². The first-order chi connectivity index (χ1) is 20.9. The molecule has 0 aromatic heterocycles. The van der Waals surface area contributed by atoms with Gasteiger partial charge in [0, 0.05) is 0 Å². The van der Waals surface area contributed by atoms with E-state index in [1.807, 2.05) is 12.1 Å². The van der Waals surface area contributed by atoms with Crippen LogP contribution in [0.2, 0.25) is 26.2 Å². The molecule has 46 heavy (non-hydrogen) atoms. The van der Waals surface area contributed by atoms with Gasteiger partial charge in [-0.15, -0.1) is 35.4 Å². The summed E-state index contributed by atoms with van der Waals surface area (Å²) in [5.74, 6) is 4.99. The van der Waals surface area contributed by atoms with E-state index < -0.39 is 33.2 Å². The van der Waals surface area contributed by atoms with Crippen LogP contribution in [-0.2, 0) is 44.8 Å². The second-order valence-electron chi connectivity index (χ2n) is 12.0. The standard InChI is InChI=1S/2C16H13Si.C4H8F4P2.2Au/c2*1-4-12-9-10-14-13-7-5-6-8-15(13)17(2,3)16(14)11-12;5-9(6)3-1-2-4-10(7)8;;/h2*5-11H,2-3H3;1-4H2;;/q2*-1;;2*+1/p+2. The van der Waals surface area contributed by atoms with Crippen LogP contribution in [0, 0.1) is 24.7 Å². The third kappa shape index (κ3) is 9.14. The molecule has 0 nitrogen and oxygen atoms in total. The van der Waals surface area contributed by atoms with Crippen LogP contribution in [0.15, 0.2) is 84.9 Å². The third-order valence-electron chi connectivity index (χ3n) is 8.44. The van der Waals surface area contributed by atoms with Crippen molar-refractivity contribution >= 4 is 54.0 Å². The smallest absolute Gasteiger partial charge is 0.366 e. The van der Waals surface area contributed by atoms with E-state index in [0.29, 0.717) is 0 Å². The van der Waals surface area contributed by atoms with Crippen LogP contribution >= 0.6 is 17.1 Å². The first-order valence-corrected chi connectivity index (χ1v) is 23.5. The fourth-order valence-electron chi connectivity index (χ4n) is 6.08. The average molecular weight is 1060 g/mol. The molecule has 0 amide bonds. The molecular weight excluding hydrogens is 1020 g/mol. The van der Waals surface area contributed by atoms with Gasteiger partial charge in [0.05, 0.1) is 0 Å². The fourth-order valence-corrected chi connectivity index (χ4v) is 13.3. The van der Waals surface area contributed by atoms with Crippen LogP contribution in [0.5, 0.6) is 0 Å². The van der Waals surface area contributed by atoms with Gasteiger partial charge in [-0.05, 0) is 62.3 Å². The monoisotopic (exact) mass is 1060 g/mol. The van der Waals surface area contributed by atoms with E-state index >= 15 is 0 Å². The SMILES string of the molecule is F[PH+](F)CCCC[PH+](F)F.[Au+].[Au+].[C-]#Cc1ccc2c(c1)[Si](C)(C)c1ccccc1-2.[C-]#Cc1ccc2c(c1)[Si](C)(C)c1ccccc1-2. The zero-order valence-corrected chi connectivity index (χ0v) is 34.4. The van der Waals surface area contributed by atoms with E-state index in [1.165, 1.54) is 43.0 Å². The summed E-state index contributed by atoms with van der Waals surface area (Å²) in [5.41, 5.74) is 7.26. The molecule has 10 heteroatoms. The molecule has 0 saturated heterocycles. The van der Waals surface area contributed by atoms with E-state index in [-0.39, 0.29) is 69.9 Å². The van der Waals surface area contributed by atoms with Crippen molar-refractivity contribution in [2.24, 2.45) is 0 Å². The Balaban J connectivity index is 0.000000244. The summed E-state index contributed by atoms with van der Waals surface area (Å²) < 4.78 is 45.9. The van der Waals surface area contributed by atoms with Crippen molar-refractivity contribution in [3.8, 4) is 34.1 Å². The molecule has 0 aliphatic carbocycles. The predicted molar refractivity (Wildman–Crippen MR) is 190 cm³/mol. The summed E-state index contributed by atoms with van der Waals surface area (Å²) in [6, 6.07) is 30.0. The maximum atomic E-state index is 11.5. The number of hydrogen-bond donors (Lipinski definition) is 0. The molecule has 0 bridgehead atoms. The Morgan fingerprint density at radius 2 is 0.848 bits per heavy atom. The fraction of sp³-hybridized carbons (Fsp3) is 0.222. The maximum absolute atomic E-state index is 11.5. The Morgan fingerprint density at radius 1 is 0.522 bits per heavy atom. The number of rotatable bonds is 5. The first kappa shape index (κ1) is 40.7. The molecule has 0 N–H and O–H groups in total. The van der Waals surface area contributed by atoms with Crippen LogP contribution in [0.1, 0.15) is 24.0 Å². The van der Waals surface area contributed by atoms with Crippen molar-refractivity contribution in [1.82, 2.24) is 0 Å². The number of unbranched alkanes of at least 4 members (excludes halogenated alkanes) is 1. The molecular formula is C36H36Au2F4P2Si2+2. The minimum Gasteiger partial charge on any atom is -0.366 e. The molecule has 2 heterocycles. The van der Waals surface area contributed by atoms with Crippen LogP contribution in [-0.4, -0.2) is 28.5 Å². The number of benzene rings is 4. The van der Waals surface area contributed by atoms with Crippen LogP contribution in [0.25, 0.3) is 22.3 Å². The minimum atomic E-state index is -3.17. The summed E-state index contributed by atoms with van der Waals surface area (Å²) >= 11 is 0. The summed E-state index contributed by atoms with van der Waals surface area (Å²) in [4.78, 5) is 0. The second kappa shape index (κ2) is 17.8. The number of halogens is 4. The first-order valence-electron chi connectivity index (χ1n) is 14.6. The molecule has 4 aromatic carbocycles. The second-order valence-corrected chi connectivity index (χ2v) is 23.0. The molecule has 0 radical (unpaired) electrons. The van der Waals surface area contributed by atoms with Crippen molar-refractivity contribution < 1.29 is 61.5 Å². The van der Waals surface area contributed by atoms with Gasteiger partial charge >= 0.3 is 61.8 Å². The van der Waals surface area contributed by atoms with Gasteiger partial charge in [0.2, 0.25) is 0 Å². The number of hydrogen-bond acceptors (Lipinski definition) is 0. The summed E-state index contributed by atoms with van der Waals surface area (Å²) in [7, 11) is -9.44. The predicted octanol–water partition coefficient (Wildman–Crippen LogP) is 8.58. The molecule has 0 atom stereocenters.